The van der Waals surface area contributed by atoms with E-state index in [9.17, 15) is 4.79 Å². The van der Waals surface area contributed by atoms with E-state index >= 15 is 0 Å². The molecule has 102 valence electrons. The standard InChI is InChI=1S/C14H19N3O2/c1-10-7-12(11(2)17-10)8-13(9-15)14(18)16-5-4-6-19-3/h7-8,17H,4-6H2,1-3H3,(H,16,18)/b13-8+. The number of nitriles is 1. The minimum absolute atomic E-state index is 0.111. The van der Waals surface area contributed by atoms with Gasteiger partial charge in [0, 0.05) is 31.6 Å². The molecule has 1 amide bonds. The molecular weight excluding hydrogens is 242 g/mol. The lowest BCUT2D eigenvalue weighted by Crippen LogP contribution is -2.26. The van der Waals surface area contributed by atoms with E-state index in [-0.39, 0.29) is 11.5 Å². The molecule has 0 aliphatic carbocycles. The van der Waals surface area contributed by atoms with Gasteiger partial charge in [-0.05, 0) is 38.0 Å². The van der Waals surface area contributed by atoms with Crippen LogP contribution >= 0.6 is 0 Å². The molecule has 1 aromatic heterocycles. The summed E-state index contributed by atoms with van der Waals surface area (Å²) in [4.78, 5) is 14.9. The molecule has 2 N–H and O–H groups in total. The quantitative estimate of drug-likeness (QED) is 0.464. The van der Waals surface area contributed by atoms with Gasteiger partial charge in [-0.2, -0.15) is 5.26 Å². The van der Waals surface area contributed by atoms with Crippen LogP contribution < -0.4 is 5.32 Å². The van der Waals surface area contributed by atoms with Crippen molar-refractivity contribution in [3.8, 4) is 6.07 Å². The Labute approximate surface area is 113 Å². The molecule has 0 fully saturated rings. The SMILES string of the molecule is COCCCNC(=O)/C(C#N)=C/c1cc(C)[nH]c1C. The predicted octanol–water partition coefficient (Wildman–Crippen LogP) is 1.69. The molecule has 1 rings (SSSR count). The summed E-state index contributed by atoms with van der Waals surface area (Å²) in [6.07, 6.45) is 2.33. The van der Waals surface area contributed by atoms with E-state index in [1.165, 1.54) is 0 Å². The van der Waals surface area contributed by atoms with Crippen LogP contribution in [0.3, 0.4) is 0 Å². The minimum atomic E-state index is -0.350. The van der Waals surface area contributed by atoms with Gasteiger partial charge in [0.2, 0.25) is 0 Å². The summed E-state index contributed by atoms with van der Waals surface area (Å²) in [6.45, 7) is 4.92. The Morgan fingerprint density at radius 3 is 2.84 bits per heavy atom. The first-order chi connectivity index (χ1) is 9.08. The van der Waals surface area contributed by atoms with Crippen LogP contribution in [0.1, 0.15) is 23.4 Å². The summed E-state index contributed by atoms with van der Waals surface area (Å²) in [6, 6.07) is 3.84. The number of hydrogen-bond donors (Lipinski definition) is 2. The number of amides is 1. The third kappa shape index (κ3) is 4.60. The third-order valence-corrected chi connectivity index (χ3v) is 2.67. The number of nitrogens with one attached hydrogen (secondary N) is 2. The maximum atomic E-state index is 11.8. The fourth-order valence-electron chi connectivity index (χ4n) is 1.71. The van der Waals surface area contributed by atoms with E-state index in [0.29, 0.717) is 13.2 Å². The molecule has 0 aliphatic rings. The number of aromatic amines is 1. The Kier molecular flexibility index (Phi) is 5.83. The number of ether oxygens (including phenoxy) is 1. The van der Waals surface area contributed by atoms with Crippen LogP contribution in [0.25, 0.3) is 6.08 Å². The van der Waals surface area contributed by atoms with Crippen LogP contribution in [-0.4, -0.2) is 31.2 Å². The molecule has 0 saturated carbocycles. The highest BCUT2D eigenvalue weighted by molar-refractivity contribution is 6.01. The lowest BCUT2D eigenvalue weighted by molar-refractivity contribution is -0.117. The van der Waals surface area contributed by atoms with Crippen molar-refractivity contribution >= 4 is 12.0 Å². The number of nitrogens with zero attached hydrogens (tertiary/aromatic N) is 1. The minimum Gasteiger partial charge on any atom is -0.385 e. The van der Waals surface area contributed by atoms with Crippen molar-refractivity contribution in [1.29, 1.82) is 5.26 Å². The van der Waals surface area contributed by atoms with Crippen LogP contribution in [0.2, 0.25) is 0 Å². The molecule has 0 aromatic carbocycles. The molecule has 0 bridgehead atoms. The Morgan fingerprint density at radius 1 is 1.58 bits per heavy atom. The van der Waals surface area contributed by atoms with Crippen molar-refractivity contribution in [3.63, 3.8) is 0 Å². The molecule has 0 atom stereocenters. The first-order valence-electron chi connectivity index (χ1n) is 6.13. The van der Waals surface area contributed by atoms with Gasteiger partial charge in [-0.1, -0.05) is 0 Å². The summed E-state index contributed by atoms with van der Waals surface area (Å²) in [5.41, 5.74) is 2.92. The fraction of sp³-hybridized carbons (Fsp3) is 0.429. The number of H-pyrrole nitrogens is 1. The van der Waals surface area contributed by atoms with Crippen LogP contribution in [0, 0.1) is 25.2 Å². The van der Waals surface area contributed by atoms with Crippen LogP contribution in [0.15, 0.2) is 11.6 Å². The van der Waals surface area contributed by atoms with Crippen molar-refractivity contribution in [2.45, 2.75) is 20.3 Å². The van der Waals surface area contributed by atoms with E-state index in [0.717, 1.165) is 23.4 Å². The smallest absolute Gasteiger partial charge is 0.261 e. The van der Waals surface area contributed by atoms with Gasteiger partial charge in [0.1, 0.15) is 11.6 Å². The lowest BCUT2D eigenvalue weighted by Gasteiger charge is -2.03. The zero-order valence-electron chi connectivity index (χ0n) is 11.5. The Hall–Kier alpha value is -2.06. The second-order valence-electron chi connectivity index (χ2n) is 4.30. The zero-order chi connectivity index (χ0) is 14.3. The van der Waals surface area contributed by atoms with Crippen LogP contribution in [0.5, 0.6) is 0 Å². The van der Waals surface area contributed by atoms with Gasteiger partial charge in [-0.15, -0.1) is 0 Å². The normalized spacial score (nSPS) is 11.2. The van der Waals surface area contributed by atoms with Crippen molar-refractivity contribution < 1.29 is 9.53 Å². The number of hydrogen-bond acceptors (Lipinski definition) is 3. The zero-order valence-corrected chi connectivity index (χ0v) is 11.5. The molecule has 0 unspecified atom stereocenters. The average molecular weight is 261 g/mol. The molecule has 19 heavy (non-hydrogen) atoms. The molecule has 0 aliphatic heterocycles. The highest BCUT2D eigenvalue weighted by Crippen LogP contribution is 2.13. The van der Waals surface area contributed by atoms with Crippen molar-refractivity contribution in [1.82, 2.24) is 10.3 Å². The fourth-order valence-corrected chi connectivity index (χ4v) is 1.71. The number of carbonyl (C=O) groups excluding carboxylic acids is 1. The second-order valence-corrected chi connectivity index (χ2v) is 4.30. The molecule has 1 heterocycles. The highest BCUT2D eigenvalue weighted by Gasteiger charge is 2.09. The number of aryl methyl sites for hydroxylation is 2. The summed E-state index contributed by atoms with van der Waals surface area (Å²) in [5, 5.41) is 11.7. The van der Waals surface area contributed by atoms with Crippen LogP contribution in [0.4, 0.5) is 0 Å². The van der Waals surface area contributed by atoms with Gasteiger partial charge >= 0.3 is 0 Å². The average Bonchev–Trinajstić information content (AvgIpc) is 2.69. The molecule has 0 spiro atoms. The van der Waals surface area contributed by atoms with E-state index in [1.54, 1.807) is 13.2 Å². The van der Waals surface area contributed by atoms with Gasteiger partial charge in [0.25, 0.3) is 5.91 Å². The number of methoxy groups -OCH3 is 1. The molecular formula is C14H19N3O2. The van der Waals surface area contributed by atoms with Gasteiger partial charge < -0.3 is 15.0 Å². The third-order valence-electron chi connectivity index (χ3n) is 2.67. The maximum Gasteiger partial charge on any atom is 0.261 e. The second kappa shape index (κ2) is 7.39. The largest absolute Gasteiger partial charge is 0.385 e. The predicted molar refractivity (Wildman–Crippen MR) is 73.4 cm³/mol. The molecule has 0 radical (unpaired) electrons. The van der Waals surface area contributed by atoms with E-state index in [1.807, 2.05) is 26.0 Å². The van der Waals surface area contributed by atoms with E-state index in [2.05, 4.69) is 10.3 Å². The van der Waals surface area contributed by atoms with E-state index in [4.69, 9.17) is 10.00 Å². The molecule has 5 nitrogen and oxygen atoms in total. The molecule has 0 saturated heterocycles. The van der Waals surface area contributed by atoms with Crippen LogP contribution in [-0.2, 0) is 9.53 Å². The summed E-state index contributed by atoms with van der Waals surface area (Å²) < 4.78 is 4.89. The Bertz CT molecular complexity index is 509. The first-order valence-corrected chi connectivity index (χ1v) is 6.13. The highest BCUT2D eigenvalue weighted by atomic mass is 16.5. The lowest BCUT2D eigenvalue weighted by atomic mass is 10.1. The number of aromatic nitrogens is 1. The van der Waals surface area contributed by atoms with Crippen molar-refractivity contribution in [2.24, 2.45) is 0 Å². The number of carbonyl (C=O) groups is 1. The summed E-state index contributed by atoms with van der Waals surface area (Å²) in [5.74, 6) is -0.350. The van der Waals surface area contributed by atoms with Crippen molar-refractivity contribution in [2.75, 3.05) is 20.3 Å². The monoisotopic (exact) mass is 261 g/mol. The summed E-state index contributed by atoms with van der Waals surface area (Å²) >= 11 is 0. The Morgan fingerprint density at radius 2 is 2.32 bits per heavy atom. The first kappa shape index (κ1) is 15.0. The maximum absolute atomic E-state index is 11.8. The van der Waals surface area contributed by atoms with E-state index < -0.39 is 0 Å². The van der Waals surface area contributed by atoms with Gasteiger partial charge in [-0.25, -0.2) is 0 Å². The Balaban J connectivity index is 2.70. The van der Waals surface area contributed by atoms with Gasteiger partial charge in [0.05, 0.1) is 0 Å². The van der Waals surface area contributed by atoms with Gasteiger partial charge in [0.15, 0.2) is 0 Å². The topological polar surface area (TPSA) is 77.9 Å². The van der Waals surface area contributed by atoms with Crippen molar-refractivity contribution in [3.05, 3.63) is 28.6 Å². The molecule has 1 aromatic rings. The molecule has 5 heteroatoms. The number of rotatable bonds is 6. The van der Waals surface area contributed by atoms with Gasteiger partial charge in [-0.3, -0.25) is 4.79 Å². The summed E-state index contributed by atoms with van der Waals surface area (Å²) in [7, 11) is 1.61.